The van der Waals surface area contributed by atoms with Crippen LogP contribution < -0.4 is 0 Å². The highest BCUT2D eigenvalue weighted by Crippen LogP contribution is 2.30. The Bertz CT molecular complexity index is 381. The van der Waals surface area contributed by atoms with Crippen molar-refractivity contribution in [3.63, 3.8) is 0 Å². The van der Waals surface area contributed by atoms with Crippen LogP contribution in [0.2, 0.25) is 5.02 Å². The zero-order valence-corrected chi connectivity index (χ0v) is 7.23. The van der Waals surface area contributed by atoms with Crippen LogP contribution in [0.15, 0.2) is 23.1 Å². The van der Waals surface area contributed by atoms with Crippen molar-refractivity contribution < 1.29 is 17.4 Å². The molecule has 66 valence electrons. The van der Waals surface area contributed by atoms with Gasteiger partial charge in [0.05, 0.1) is 5.02 Å². The van der Waals surface area contributed by atoms with Crippen molar-refractivity contribution in [2.45, 2.75) is 4.90 Å². The van der Waals surface area contributed by atoms with Crippen LogP contribution in [0, 0.1) is 0 Å². The molecule has 0 aromatic heterocycles. The maximum absolute atomic E-state index is 12.4. The van der Waals surface area contributed by atoms with E-state index in [9.17, 15) is 12.3 Å². The van der Waals surface area contributed by atoms with Crippen molar-refractivity contribution in [2.75, 3.05) is 0 Å². The van der Waals surface area contributed by atoms with Gasteiger partial charge in [0.25, 0.3) is 0 Å². The van der Waals surface area contributed by atoms with Crippen LogP contribution in [0.5, 0.6) is 5.75 Å². The van der Waals surface area contributed by atoms with Crippen molar-refractivity contribution in [3.05, 3.63) is 23.2 Å². The molecule has 0 unspecified atom stereocenters. The maximum atomic E-state index is 12.4. The lowest BCUT2D eigenvalue weighted by atomic mass is 10.3. The lowest BCUT2D eigenvalue weighted by Crippen LogP contribution is -1.93. The first-order valence-electron chi connectivity index (χ1n) is 2.85. The molecule has 0 spiro atoms. The second-order valence-electron chi connectivity index (χ2n) is 2.03. The highest BCUT2D eigenvalue weighted by Gasteiger charge is 2.20. The lowest BCUT2D eigenvalue weighted by molar-refractivity contribution is 0.455. The van der Waals surface area contributed by atoms with Crippen LogP contribution in [0.25, 0.3) is 0 Å². The van der Waals surface area contributed by atoms with E-state index >= 15 is 0 Å². The second-order valence-corrected chi connectivity index (χ2v) is 3.72. The number of benzene rings is 1. The highest BCUT2D eigenvalue weighted by atomic mass is 35.5. The third-order valence-electron chi connectivity index (χ3n) is 1.19. The Morgan fingerprint density at radius 1 is 1.42 bits per heavy atom. The standard InChI is InChI=1S/C6H4ClFO3S/c7-4-2-1-3-5(9)6(4)12(8,10)11/h1-3,9H. The van der Waals surface area contributed by atoms with Gasteiger partial charge in [0.2, 0.25) is 0 Å². The summed E-state index contributed by atoms with van der Waals surface area (Å²) in [6.07, 6.45) is 0. The molecule has 1 aromatic rings. The van der Waals surface area contributed by atoms with E-state index in [1.807, 2.05) is 0 Å². The van der Waals surface area contributed by atoms with E-state index in [0.29, 0.717) is 0 Å². The monoisotopic (exact) mass is 210 g/mol. The van der Waals surface area contributed by atoms with Crippen molar-refractivity contribution in [1.82, 2.24) is 0 Å². The first kappa shape index (κ1) is 9.28. The zero-order chi connectivity index (χ0) is 9.35. The molecule has 0 fully saturated rings. The molecule has 0 atom stereocenters. The molecular weight excluding hydrogens is 207 g/mol. The van der Waals surface area contributed by atoms with Gasteiger partial charge in [-0.05, 0) is 12.1 Å². The quantitative estimate of drug-likeness (QED) is 0.718. The number of hydrogen-bond donors (Lipinski definition) is 1. The number of phenolic OH excluding ortho intramolecular Hbond substituents is 1. The minimum absolute atomic E-state index is 0.336. The molecule has 0 amide bonds. The minimum Gasteiger partial charge on any atom is -0.506 e. The minimum atomic E-state index is -4.95. The molecule has 12 heavy (non-hydrogen) atoms. The zero-order valence-electron chi connectivity index (χ0n) is 5.66. The Morgan fingerprint density at radius 3 is 2.33 bits per heavy atom. The summed E-state index contributed by atoms with van der Waals surface area (Å²) in [5, 5.41) is 8.59. The third kappa shape index (κ3) is 1.67. The Kier molecular flexibility index (Phi) is 2.25. The summed E-state index contributed by atoms with van der Waals surface area (Å²) >= 11 is 5.33. The predicted molar refractivity (Wildman–Crippen MR) is 41.4 cm³/mol. The van der Waals surface area contributed by atoms with Gasteiger partial charge in [-0.25, -0.2) is 0 Å². The Labute approximate surface area is 73.6 Å². The summed E-state index contributed by atoms with van der Waals surface area (Å²) in [7, 11) is -4.95. The number of rotatable bonds is 1. The number of hydrogen-bond acceptors (Lipinski definition) is 3. The van der Waals surface area contributed by atoms with Crippen molar-refractivity contribution >= 4 is 21.8 Å². The van der Waals surface area contributed by atoms with Gasteiger partial charge in [-0.2, -0.15) is 8.42 Å². The van der Waals surface area contributed by atoms with Gasteiger partial charge in [0, 0.05) is 0 Å². The average Bonchev–Trinajstić information content (AvgIpc) is 1.82. The number of halogens is 2. The van der Waals surface area contributed by atoms with Gasteiger partial charge < -0.3 is 5.11 Å². The molecule has 1 aromatic carbocycles. The second kappa shape index (κ2) is 2.91. The summed E-state index contributed by atoms with van der Waals surface area (Å²) in [6, 6.07) is 3.53. The topological polar surface area (TPSA) is 54.4 Å². The molecule has 0 saturated heterocycles. The van der Waals surface area contributed by atoms with E-state index in [1.54, 1.807) is 0 Å². The summed E-state index contributed by atoms with van der Waals surface area (Å²) in [5.41, 5.74) is 0. The third-order valence-corrected chi connectivity index (χ3v) is 2.53. The van der Waals surface area contributed by atoms with Crippen LogP contribution in [-0.4, -0.2) is 13.5 Å². The summed E-state index contributed by atoms with van der Waals surface area (Å²) < 4.78 is 33.1. The Balaban J connectivity index is 3.53. The van der Waals surface area contributed by atoms with Crippen molar-refractivity contribution in [2.24, 2.45) is 0 Å². The van der Waals surface area contributed by atoms with Gasteiger partial charge >= 0.3 is 10.2 Å². The fourth-order valence-corrected chi connectivity index (χ4v) is 1.80. The normalized spacial score (nSPS) is 11.5. The average molecular weight is 211 g/mol. The SMILES string of the molecule is O=S(=O)(F)c1c(O)cccc1Cl. The van der Waals surface area contributed by atoms with Gasteiger partial charge in [-0.1, -0.05) is 17.7 Å². The van der Waals surface area contributed by atoms with E-state index in [4.69, 9.17) is 16.7 Å². The summed E-state index contributed by atoms with van der Waals surface area (Å²) in [4.78, 5) is -0.883. The van der Waals surface area contributed by atoms with E-state index in [2.05, 4.69) is 0 Å². The van der Waals surface area contributed by atoms with Gasteiger partial charge in [-0.3, -0.25) is 0 Å². The summed E-state index contributed by atoms with van der Waals surface area (Å²) in [5.74, 6) is -0.690. The van der Waals surface area contributed by atoms with Crippen LogP contribution in [0.4, 0.5) is 3.89 Å². The van der Waals surface area contributed by atoms with Gasteiger partial charge in [-0.15, -0.1) is 3.89 Å². The van der Waals surface area contributed by atoms with E-state index in [-0.39, 0.29) is 5.02 Å². The summed E-state index contributed by atoms with van der Waals surface area (Å²) in [6.45, 7) is 0. The molecule has 0 aliphatic heterocycles. The fourth-order valence-electron chi connectivity index (χ4n) is 0.739. The molecule has 0 saturated carbocycles. The lowest BCUT2D eigenvalue weighted by Gasteiger charge is -2.00. The van der Waals surface area contributed by atoms with Crippen LogP contribution in [-0.2, 0) is 10.2 Å². The first-order chi connectivity index (χ1) is 5.43. The van der Waals surface area contributed by atoms with E-state index < -0.39 is 20.9 Å². The molecule has 1 N–H and O–H groups in total. The Morgan fingerprint density at radius 2 is 2.00 bits per heavy atom. The molecule has 0 bridgehead atoms. The molecule has 3 nitrogen and oxygen atoms in total. The van der Waals surface area contributed by atoms with Crippen LogP contribution in [0.3, 0.4) is 0 Å². The van der Waals surface area contributed by atoms with Crippen molar-refractivity contribution in [3.8, 4) is 5.75 Å². The predicted octanol–water partition coefficient (Wildman–Crippen LogP) is 1.70. The number of aromatic hydroxyl groups is 1. The molecule has 0 aliphatic rings. The molecular formula is C6H4ClFO3S. The smallest absolute Gasteiger partial charge is 0.337 e. The van der Waals surface area contributed by atoms with Gasteiger partial charge in [0.15, 0.2) is 4.90 Å². The Hall–Kier alpha value is -0.810. The molecule has 6 heteroatoms. The maximum Gasteiger partial charge on any atom is 0.337 e. The molecule has 0 aliphatic carbocycles. The first-order valence-corrected chi connectivity index (χ1v) is 4.61. The molecule has 1 rings (SSSR count). The van der Waals surface area contributed by atoms with Gasteiger partial charge in [0.1, 0.15) is 5.75 Å². The molecule has 0 heterocycles. The molecule has 0 radical (unpaired) electrons. The van der Waals surface area contributed by atoms with E-state index in [0.717, 1.165) is 6.07 Å². The largest absolute Gasteiger partial charge is 0.506 e. The van der Waals surface area contributed by atoms with E-state index in [1.165, 1.54) is 12.1 Å². The van der Waals surface area contributed by atoms with Crippen LogP contribution >= 0.6 is 11.6 Å². The number of phenols is 1. The highest BCUT2D eigenvalue weighted by molar-refractivity contribution is 7.86. The fraction of sp³-hybridized carbons (Fsp3) is 0. The van der Waals surface area contributed by atoms with Crippen LogP contribution in [0.1, 0.15) is 0 Å². The van der Waals surface area contributed by atoms with Crippen molar-refractivity contribution in [1.29, 1.82) is 0 Å².